The standard InChI is InChI=1S/C13H25NO2/c1-4-11(3)12(16)14-8-6-13(5-2,10-15)7-9-14/h11,15H,4-10H2,1-3H3. The molecule has 1 atom stereocenters. The second-order valence-electron chi connectivity index (χ2n) is 5.15. The number of nitrogens with zero attached hydrogens (tertiary/aromatic N) is 1. The van der Waals surface area contributed by atoms with Crippen molar-refractivity contribution in [1.82, 2.24) is 4.90 Å². The van der Waals surface area contributed by atoms with Crippen LogP contribution in [-0.4, -0.2) is 35.6 Å². The lowest BCUT2D eigenvalue weighted by molar-refractivity contribution is -0.138. The van der Waals surface area contributed by atoms with Crippen LogP contribution in [0.4, 0.5) is 0 Å². The molecule has 0 aromatic heterocycles. The second-order valence-corrected chi connectivity index (χ2v) is 5.15. The molecule has 1 rings (SSSR count). The molecule has 16 heavy (non-hydrogen) atoms. The molecule has 1 fully saturated rings. The average Bonchev–Trinajstić information content (AvgIpc) is 2.37. The first-order chi connectivity index (χ1) is 7.58. The van der Waals surface area contributed by atoms with Crippen LogP contribution in [0.15, 0.2) is 0 Å². The Labute approximate surface area is 98.8 Å². The fourth-order valence-electron chi connectivity index (χ4n) is 2.31. The maximum Gasteiger partial charge on any atom is 0.225 e. The van der Waals surface area contributed by atoms with Crippen LogP contribution in [0.5, 0.6) is 0 Å². The van der Waals surface area contributed by atoms with Crippen LogP contribution in [0.2, 0.25) is 0 Å². The third kappa shape index (κ3) is 2.76. The summed E-state index contributed by atoms with van der Waals surface area (Å²) in [5.74, 6) is 0.424. The van der Waals surface area contributed by atoms with Gasteiger partial charge < -0.3 is 10.0 Å². The number of rotatable bonds is 4. The van der Waals surface area contributed by atoms with E-state index in [-0.39, 0.29) is 23.8 Å². The lowest BCUT2D eigenvalue weighted by Crippen LogP contribution is -2.46. The normalized spacial score (nSPS) is 21.9. The van der Waals surface area contributed by atoms with Crippen LogP contribution >= 0.6 is 0 Å². The van der Waals surface area contributed by atoms with Crippen molar-refractivity contribution in [3.63, 3.8) is 0 Å². The smallest absolute Gasteiger partial charge is 0.225 e. The average molecular weight is 227 g/mol. The number of aliphatic hydroxyl groups excluding tert-OH is 1. The third-order valence-electron chi connectivity index (χ3n) is 4.26. The van der Waals surface area contributed by atoms with Crippen molar-refractivity contribution in [2.24, 2.45) is 11.3 Å². The number of piperidine rings is 1. The Morgan fingerprint density at radius 2 is 1.94 bits per heavy atom. The van der Waals surface area contributed by atoms with E-state index in [4.69, 9.17) is 0 Å². The minimum atomic E-state index is 0.0756. The second kappa shape index (κ2) is 5.67. The molecule has 94 valence electrons. The third-order valence-corrected chi connectivity index (χ3v) is 4.26. The molecule has 1 N–H and O–H groups in total. The van der Waals surface area contributed by atoms with E-state index < -0.39 is 0 Å². The number of carbonyl (C=O) groups is 1. The van der Waals surface area contributed by atoms with Crippen molar-refractivity contribution >= 4 is 5.91 Å². The number of carbonyl (C=O) groups excluding carboxylic acids is 1. The van der Waals surface area contributed by atoms with Gasteiger partial charge in [-0.25, -0.2) is 0 Å². The van der Waals surface area contributed by atoms with Crippen LogP contribution in [0.25, 0.3) is 0 Å². The summed E-state index contributed by atoms with van der Waals surface area (Å²) in [4.78, 5) is 14.0. The van der Waals surface area contributed by atoms with Gasteiger partial charge in [-0.15, -0.1) is 0 Å². The molecule has 0 saturated carbocycles. The number of amides is 1. The highest BCUT2D eigenvalue weighted by molar-refractivity contribution is 5.78. The van der Waals surface area contributed by atoms with E-state index in [1.807, 2.05) is 11.8 Å². The van der Waals surface area contributed by atoms with E-state index in [9.17, 15) is 9.90 Å². The van der Waals surface area contributed by atoms with Gasteiger partial charge >= 0.3 is 0 Å². The van der Waals surface area contributed by atoms with Crippen LogP contribution in [0.1, 0.15) is 46.5 Å². The van der Waals surface area contributed by atoms with Gasteiger partial charge in [0.2, 0.25) is 5.91 Å². The zero-order valence-electron chi connectivity index (χ0n) is 10.8. The zero-order valence-corrected chi connectivity index (χ0v) is 10.8. The van der Waals surface area contributed by atoms with Gasteiger partial charge in [0.15, 0.2) is 0 Å². The van der Waals surface area contributed by atoms with Crippen molar-refractivity contribution < 1.29 is 9.90 Å². The summed E-state index contributed by atoms with van der Waals surface area (Å²) >= 11 is 0. The number of hydrogen-bond donors (Lipinski definition) is 1. The van der Waals surface area contributed by atoms with Crippen LogP contribution in [0.3, 0.4) is 0 Å². The van der Waals surface area contributed by atoms with Crippen molar-refractivity contribution in [2.45, 2.75) is 46.5 Å². The molecular formula is C13H25NO2. The molecule has 0 aromatic carbocycles. The fraction of sp³-hybridized carbons (Fsp3) is 0.923. The summed E-state index contributed by atoms with van der Waals surface area (Å²) in [7, 11) is 0. The Balaban J connectivity index is 2.51. The Morgan fingerprint density at radius 3 is 2.31 bits per heavy atom. The molecule has 0 aromatic rings. The summed E-state index contributed by atoms with van der Waals surface area (Å²) in [6.45, 7) is 8.07. The van der Waals surface area contributed by atoms with Gasteiger partial charge in [0.1, 0.15) is 0 Å². The fourth-order valence-corrected chi connectivity index (χ4v) is 2.31. The van der Waals surface area contributed by atoms with E-state index in [1.54, 1.807) is 0 Å². The molecule has 0 spiro atoms. The predicted octanol–water partition coefficient (Wildman–Crippen LogP) is 2.04. The first-order valence-electron chi connectivity index (χ1n) is 6.48. The molecule has 1 unspecified atom stereocenters. The highest BCUT2D eigenvalue weighted by Gasteiger charge is 2.34. The molecule has 1 amide bonds. The molecule has 3 nitrogen and oxygen atoms in total. The van der Waals surface area contributed by atoms with Gasteiger partial charge in [0.25, 0.3) is 0 Å². The molecule has 0 radical (unpaired) electrons. The SMILES string of the molecule is CCC(C)C(=O)N1CCC(CC)(CO)CC1. The topological polar surface area (TPSA) is 40.5 Å². The van der Waals surface area contributed by atoms with Gasteiger partial charge in [-0.1, -0.05) is 20.8 Å². The lowest BCUT2D eigenvalue weighted by Gasteiger charge is -2.41. The van der Waals surface area contributed by atoms with Gasteiger partial charge in [0.05, 0.1) is 0 Å². The Kier molecular flexibility index (Phi) is 4.78. The largest absolute Gasteiger partial charge is 0.396 e. The summed E-state index contributed by atoms with van der Waals surface area (Å²) in [5.41, 5.74) is 0.0756. The van der Waals surface area contributed by atoms with Crippen LogP contribution in [0, 0.1) is 11.3 Å². The van der Waals surface area contributed by atoms with Crippen LogP contribution < -0.4 is 0 Å². The quantitative estimate of drug-likeness (QED) is 0.798. The monoisotopic (exact) mass is 227 g/mol. The summed E-state index contributed by atoms with van der Waals surface area (Å²) in [5, 5.41) is 9.42. The number of aliphatic hydroxyl groups is 1. The first-order valence-corrected chi connectivity index (χ1v) is 6.48. The molecule has 1 aliphatic heterocycles. The molecular weight excluding hydrogens is 202 g/mol. The first kappa shape index (κ1) is 13.5. The Bertz CT molecular complexity index is 226. The molecule has 1 aliphatic rings. The molecule has 0 aliphatic carbocycles. The van der Waals surface area contributed by atoms with E-state index in [2.05, 4.69) is 13.8 Å². The zero-order chi connectivity index (χ0) is 12.2. The van der Waals surface area contributed by atoms with Crippen molar-refractivity contribution in [3.05, 3.63) is 0 Å². The Hall–Kier alpha value is -0.570. The maximum absolute atomic E-state index is 12.0. The highest BCUT2D eigenvalue weighted by atomic mass is 16.3. The minimum Gasteiger partial charge on any atom is -0.396 e. The maximum atomic E-state index is 12.0. The molecule has 1 heterocycles. The highest BCUT2D eigenvalue weighted by Crippen LogP contribution is 2.34. The molecule has 1 saturated heterocycles. The predicted molar refractivity (Wildman–Crippen MR) is 65.1 cm³/mol. The van der Waals surface area contributed by atoms with E-state index in [1.165, 1.54) is 0 Å². The summed E-state index contributed by atoms with van der Waals surface area (Å²) in [6.07, 6.45) is 3.81. The van der Waals surface area contributed by atoms with Crippen molar-refractivity contribution in [2.75, 3.05) is 19.7 Å². The molecule has 0 bridgehead atoms. The summed E-state index contributed by atoms with van der Waals surface area (Å²) < 4.78 is 0. The summed E-state index contributed by atoms with van der Waals surface area (Å²) in [6, 6.07) is 0. The van der Waals surface area contributed by atoms with Gasteiger partial charge in [-0.3, -0.25) is 4.79 Å². The van der Waals surface area contributed by atoms with Gasteiger partial charge in [0, 0.05) is 25.6 Å². The van der Waals surface area contributed by atoms with Crippen molar-refractivity contribution in [3.8, 4) is 0 Å². The van der Waals surface area contributed by atoms with E-state index >= 15 is 0 Å². The minimum absolute atomic E-state index is 0.0756. The molecule has 3 heteroatoms. The van der Waals surface area contributed by atoms with E-state index in [0.717, 1.165) is 38.8 Å². The lowest BCUT2D eigenvalue weighted by atomic mass is 9.77. The van der Waals surface area contributed by atoms with Crippen molar-refractivity contribution in [1.29, 1.82) is 0 Å². The van der Waals surface area contributed by atoms with E-state index in [0.29, 0.717) is 0 Å². The number of likely N-dealkylation sites (tertiary alicyclic amines) is 1. The Morgan fingerprint density at radius 1 is 1.38 bits per heavy atom. The van der Waals surface area contributed by atoms with Gasteiger partial charge in [-0.2, -0.15) is 0 Å². The number of hydrogen-bond acceptors (Lipinski definition) is 2. The van der Waals surface area contributed by atoms with Crippen LogP contribution in [-0.2, 0) is 4.79 Å². The van der Waals surface area contributed by atoms with Gasteiger partial charge in [-0.05, 0) is 31.1 Å².